The number of rotatable bonds is 4. The molecule has 0 unspecified atom stereocenters. The Morgan fingerprint density at radius 1 is 1.19 bits per heavy atom. The van der Waals surface area contributed by atoms with Crippen LogP contribution in [0.25, 0.3) is 0 Å². The zero-order valence-corrected chi connectivity index (χ0v) is 13.0. The monoisotopic (exact) mass is 289 g/mol. The van der Waals surface area contributed by atoms with Gasteiger partial charge in [0.05, 0.1) is 5.56 Å². The number of aryl methyl sites for hydroxylation is 1. The number of anilines is 1. The predicted molar refractivity (Wildman–Crippen MR) is 81.6 cm³/mol. The molecule has 1 aromatic carbocycles. The van der Waals surface area contributed by atoms with Crippen molar-refractivity contribution in [3.8, 4) is 11.6 Å². The molecule has 4 nitrogen and oxygen atoms in total. The molecule has 1 N–H and O–H groups in total. The molecular formula is C16H20FN3O. The minimum atomic E-state index is -0.249. The van der Waals surface area contributed by atoms with Crippen LogP contribution in [0.4, 0.5) is 10.2 Å². The van der Waals surface area contributed by atoms with Gasteiger partial charge in [-0.2, -0.15) is 4.98 Å². The summed E-state index contributed by atoms with van der Waals surface area (Å²) in [6.45, 7) is 7.64. The fraction of sp³-hybridized carbons (Fsp3) is 0.375. The van der Waals surface area contributed by atoms with Gasteiger partial charge in [0.2, 0.25) is 5.88 Å². The highest BCUT2D eigenvalue weighted by Crippen LogP contribution is 2.29. The molecule has 0 radical (unpaired) electrons. The second kappa shape index (κ2) is 6.08. The molecule has 0 bridgehead atoms. The number of benzene rings is 1. The van der Waals surface area contributed by atoms with Gasteiger partial charge in [-0.15, -0.1) is 0 Å². The summed E-state index contributed by atoms with van der Waals surface area (Å²) in [5.41, 5.74) is 1.36. The first-order valence-corrected chi connectivity index (χ1v) is 6.92. The summed E-state index contributed by atoms with van der Waals surface area (Å²) in [7, 11) is 1.81. The maximum Gasteiger partial charge on any atom is 0.227 e. The molecule has 5 heteroatoms. The van der Waals surface area contributed by atoms with Gasteiger partial charge in [0, 0.05) is 13.0 Å². The summed E-state index contributed by atoms with van der Waals surface area (Å²) in [5, 5.41) is 3.05. The van der Waals surface area contributed by atoms with E-state index in [-0.39, 0.29) is 11.7 Å². The van der Waals surface area contributed by atoms with Crippen molar-refractivity contribution in [1.82, 2.24) is 9.97 Å². The fourth-order valence-corrected chi connectivity index (χ4v) is 1.91. The summed E-state index contributed by atoms with van der Waals surface area (Å²) in [5.74, 6) is 2.44. The minimum absolute atomic E-state index is 0.190. The van der Waals surface area contributed by atoms with Crippen LogP contribution in [0.5, 0.6) is 11.6 Å². The van der Waals surface area contributed by atoms with E-state index in [1.54, 1.807) is 19.1 Å². The van der Waals surface area contributed by atoms with Crippen molar-refractivity contribution in [2.75, 3.05) is 12.4 Å². The Balaban J connectivity index is 2.42. The third-order valence-electron chi connectivity index (χ3n) is 3.22. The van der Waals surface area contributed by atoms with Crippen molar-refractivity contribution in [2.45, 2.75) is 33.6 Å². The van der Waals surface area contributed by atoms with Gasteiger partial charge in [0.15, 0.2) is 0 Å². The molecule has 2 aromatic rings. The van der Waals surface area contributed by atoms with Gasteiger partial charge in [-0.1, -0.05) is 13.8 Å². The molecule has 112 valence electrons. The number of nitrogens with one attached hydrogen (secondary N) is 1. The lowest BCUT2D eigenvalue weighted by molar-refractivity contribution is 0.451. The van der Waals surface area contributed by atoms with Crippen molar-refractivity contribution in [3.63, 3.8) is 0 Å². The first kappa shape index (κ1) is 15.2. The van der Waals surface area contributed by atoms with Crippen molar-refractivity contribution in [1.29, 1.82) is 0 Å². The second-order valence-corrected chi connectivity index (χ2v) is 5.28. The SMILES string of the molecule is CNc1nc(C(C)C)nc(Oc2ccc(F)c(C)c2)c1C. The summed E-state index contributed by atoms with van der Waals surface area (Å²) < 4.78 is 19.1. The van der Waals surface area contributed by atoms with E-state index in [0.717, 1.165) is 11.4 Å². The van der Waals surface area contributed by atoms with Crippen LogP contribution in [-0.2, 0) is 0 Å². The van der Waals surface area contributed by atoms with Crippen molar-refractivity contribution < 1.29 is 9.13 Å². The van der Waals surface area contributed by atoms with E-state index in [4.69, 9.17) is 4.74 Å². The smallest absolute Gasteiger partial charge is 0.227 e. The number of hydrogen-bond acceptors (Lipinski definition) is 4. The lowest BCUT2D eigenvalue weighted by Crippen LogP contribution is -2.06. The van der Waals surface area contributed by atoms with Crippen LogP contribution >= 0.6 is 0 Å². The lowest BCUT2D eigenvalue weighted by atomic mass is 10.2. The third-order valence-corrected chi connectivity index (χ3v) is 3.22. The molecular weight excluding hydrogens is 269 g/mol. The molecule has 0 aliphatic carbocycles. The largest absolute Gasteiger partial charge is 0.439 e. The molecule has 0 saturated carbocycles. The van der Waals surface area contributed by atoms with Crippen LogP contribution in [0.15, 0.2) is 18.2 Å². The summed E-state index contributed by atoms with van der Waals surface area (Å²) >= 11 is 0. The van der Waals surface area contributed by atoms with E-state index >= 15 is 0 Å². The summed E-state index contributed by atoms with van der Waals surface area (Å²) in [6, 6.07) is 4.65. The van der Waals surface area contributed by atoms with E-state index < -0.39 is 0 Å². The van der Waals surface area contributed by atoms with Gasteiger partial charge in [-0.3, -0.25) is 0 Å². The maximum atomic E-state index is 13.3. The van der Waals surface area contributed by atoms with Crippen molar-refractivity contribution >= 4 is 5.82 Å². The molecule has 1 heterocycles. The standard InChI is InChI=1S/C16H20FN3O/c1-9(2)14-19-15(18-5)11(4)16(20-14)21-12-6-7-13(17)10(3)8-12/h6-9H,1-5H3,(H,18,19,20). The number of hydrogen-bond donors (Lipinski definition) is 1. The Morgan fingerprint density at radius 2 is 1.90 bits per heavy atom. The van der Waals surface area contributed by atoms with Crippen LogP contribution in [0.2, 0.25) is 0 Å². The quantitative estimate of drug-likeness (QED) is 0.916. The molecule has 1 aromatic heterocycles. The van der Waals surface area contributed by atoms with E-state index in [2.05, 4.69) is 15.3 Å². The van der Waals surface area contributed by atoms with Gasteiger partial charge in [-0.25, -0.2) is 9.37 Å². The molecule has 0 aliphatic rings. The molecule has 0 saturated heterocycles. The Morgan fingerprint density at radius 3 is 2.48 bits per heavy atom. The van der Waals surface area contributed by atoms with Crippen LogP contribution in [0, 0.1) is 19.7 Å². The van der Waals surface area contributed by atoms with Crippen LogP contribution in [0.1, 0.15) is 36.7 Å². The average molecular weight is 289 g/mol. The van der Waals surface area contributed by atoms with Gasteiger partial charge in [0.1, 0.15) is 23.2 Å². The highest BCUT2D eigenvalue weighted by atomic mass is 19.1. The molecule has 0 spiro atoms. The fourth-order valence-electron chi connectivity index (χ4n) is 1.91. The molecule has 0 fully saturated rings. The highest BCUT2D eigenvalue weighted by molar-refractivity contribution is 5.49. The number of aromatic nitrogens is 2. The third kappa shape index (κ3) is 3.29. The average Bonchev–Trinajstić information content (AvgIpc) is 2.44. The zero-order valence-electron chi connectivity index (χ0n) is 13.0. The number of halogens is 1. The van der Waals surface area contributed by atoms with Crippen LogP contribution < -0.4 is 10.1 Å². The number of ether oxygens (including phenoxy) is 1. The Labute approximate surface area is 124 Å². The molecule has 0 atom stereocenters. The second-order valence-electron chi connectivity index (χ2n) is 5.28. The van der Waals surface area contributed by atoms with Gasteiger partial charge in [0.25, 0.3) is 0 Å². The van der Waals surface area contributed by atoms with Crippen LogP contribution in [0.3, 0.4) is 0 Å². The Hall–Kier alpha value is -2.17. The lowest BCUT2D eigenvalue weighted by Gasteiger charge is -2.14. The molecule has 0 aliphatic heterocycles. The first-order chi connectivity index (χ1) is 9.92. The first-order valence-electron chi connectivity index (χ1n) is 6.92. The van der Waals surface area contributed by atoms with Gasteiger partial charge < -0.3 is 10.1 Å². The van der Waals surface area contributed by atoms with Crippen molar-refractivity contribution in [2.24, 2.45) is 0 Å². The summed E-state index contributed by atoms with van der Waals surface area (Å²) in [4.78, 5) is 8.92. The number of nitrogens with zero attached hydrogens (tertiary/aromatic N) is 2. The van der Waals surface area contributed by atoms with E-state index in [9.17, 15) is 4.39 Å². The molecule has 0 amide bonds. The Bertz CT molecular complexity index is 656. The zero-order chi connectivity index (χ0) is 15.6. The van der Waals surface area contributed by atoms with Crippen LogP contribution in [-0.4, -0.2) is 17.0 Å². The normalized spacial score (nSPS) is 10.8. The van der Waals surface area contributed by atoms with E-state index in [1.165, 1.54) is 6.07 Å². The van der Waals surface area contributed by atoms with Crippen molar-refractivity contribution in [3.05, 3.63) is 41.0 Å². The van der Waals surface area contributed by atoms with E-state index in [0.29, 0.717) is 23.0 Å². The molecule has 21 heavy (non-hydrogen) atoms. The highest BCUT2D eigenvalue weighted by Gasteiger charge is 2.14. The topological polar surface area (TPSA) is 47.0 Å². The predicted octanol–water partition coefficient (Wildman–Crippen LogP) is 4.19. The molecule has 2 rings (SSSR count). The summed E-state index contributed by atoms with van der Waals surface area (Å²) in [6.07, 6.45) is 0. The van der Waals surface area contributed by atoms with E-state index in [1.807, 2.05) is 27.8 Å². The Kier molecular flexibility index (Phi) is 4.40. The minimum Gasteiger partial charge on any atom is -0.439 e. The van der Waals surface area contributed by atoms with Gasteiger partial charge >= 0.3 is 0 Å². The maximum absolute atomic E-state index is 13.3. The van der Waals surface area contributed by atoms with Gasteiger partial charge in [-0.05, 0) is 37.6 Å².